The first kappa shape index (κ1) is 19.5. The summed E-state index contributed by atoms with van der Waals surface area (Å²) in [5.41, 5.74) is 1.84. The lowest BCUT2D eigenvalue weighted by atomic mass is 9.84. The third kappa shape index (κ3) is 3.87. The van der Waals surface area contributed by atoms with Crippen LogP contribution in [0, 0.1) is 0 Å². The number of aldehydes is 1. The average Bonchev–Trinajstić information content (AvgIpc) is 3.47. The zero-order chi connectivity index (χ0) is 20.1. The lowest BCUT2D eigenvalue weighted by Gasteiger charge is -2.41. The second-order valence-corrected chi connectivity index (χ2v) is 7.65. The van der Waals surface area contributed by atoms with E-state index in [2.05, 4.69) is 29.2 Å². The zero-order valence-electron chi connectivity index (χ0n) is 16.8. The molecular weight excluding hydrogens is 366 g/mol. The second kappa shape index (κ2) is 8.70. The quantitative estimate of drug-likeness (QED) is 0.637. The van der Waals surface area contributed by atoms with Crippen LogP contribution in [0.1, 0.15) is 29.9 Å². The number of carbonyl (C=O) groups is 1. The molecule has 2 aromatic rings. The highest BCUT2D eigenvalue weighted by molar-refractivity contribution is 5.54. The number of hydrogen-bond acceptors (Lipinski definition) is 5. The Bertz CT molecular complexity index is 866. The predicted molar refractivity (Wildman–Crippen MR) is 111 cm³/mol. The van der Waals surface area contributed by atoms with E-state index in [4.69, 9.17) is 14.2 Å². The summed E-state index contributed by atoms with van der Waals surface area (Å²) in [6.07, 6.45) is 4.74. The summed E-state index contributed by atoms with van der Waals surface area (Å²) in [7, 11) is 1.71. The Balaban J connectivity index is 1.67. The molecule has 0 aromatic heterocycles. The maximum absolute atomic E-state index is 11.8. The van der Waals surface area contributed by atoms with Crippen molar-refractivity contribution in [3.05, 3.63) is 77.7 Å². The van der Waals surface area contributed by atoms with Gasteiger partial charge in [0.15, 0.2) is 5.76 Å². The molecule has 2 aliphatic heterocycles. The predicted octanol–water partition coefficient (Wildman–Crippen LogP) is 3.90. The Morgan fingerprint density at radius 2 is 1.97 bits per heavy atom. The molecule has 2 aromatic carbocycles. The molecule has 4 rings (SSSR count). The summed E-state index contributed by atoms with van der Waals surface area (Å²) in [6.45, 7) is 1.92. The van der Waals surface area contributed by atoms with Gasteiger partial charge >= 0.3 is 0 Å². The molecule has 1 saturated heterocycles. The van der Waals surface area contributed by atoms with Gasteiger partial charge in [0.1, 0.15) is 18.3 Å². The van der Waals surface area contributed by atoms with Gasteiger partial charge in [0.05, 0.1) is 12.6 Å². The molecule has 0 bridgehead atoms. The third-order valence-corrected chi connectivity index (χ3v) is 6.06. The zero-order valence-corrected chi connectivity index (χ0v) is 16.8. The molecule has 2 atom stereocenters. The van der Waals surface area contributed by atoms with Gasteiger partial charge in [0.2, 0.25) is 6.79 Å². The molecule has 0 spiro atoms. The van der Waals surface area contributed by atoms with Gasteiger partial charge in [-0.3, -0.25) is 4.90 Å². The number of rotatable bonds is 8. The SMILES string of the molecule is COc1ccccc1C1CCN(C(CC=O)(Cc2ccccc2)C2=COCO2)C1. The number of carbonyl (C=O) groups excluding carboxylic acids is 1. The average molecular weight is 393 g/mol. The fourth-order valence-corrected chi connectivity index (χ4v) is 4.62. The molecule has 2 aliphatic rings. The van der Waals surface area contributed by atoms with Gasteiger partial charge in [-0.1, -0.05) is 48.5 Å². The summed E-state index contributed by atoms with van der Waals surface area (Å²) in [5, 5.41) is 0. The van der Waals surface area contributed by atoms with Crippen molar-refractivity contribution in [1.29, 1.82) is 0 Å². The summed E-state index contributed by atoms with van der Waals surface area (Å²) in [5.74, 6) is 2.01. The van der Waals surface area contributed by atoms with E-state index in [1.807, 2.05) is 30.3 Å². The van der Waals surface area contributed by atoms with E-state index in [1.54, 1.807) is 13.4 Å². The van der Waals surface area contributed by atoms with Crippen molar-refractivity contribution in [2.75, 3.05) is 27.0 Å². The van der Waals surface area contributed by atoms with Gasteiger partial charge < -0.3 is 19.0 Å². The molecule has 0 amide bonds. The lowest BCUT2D eigenvalue weighted by molar-refractivity contribution is -0.110. The van der Waals surface area contributed by atoms with Crippen molar-refractivity contribution < 1.29 is 19.0 Å². The van der Waals surface area contributed by atoms with Crippen LogP contribution < -0.4 is 4.74 Å². The number of methoxy groups -OCH3 is 1. The topological polar surface area (TPSA) is 48.0 Å². The van der Waals surface area contributed by atoms with Crippen molar-refractivity contribution in [3.63, 3.8) is 0 Å². The standard InChI is InChI=1S/C24H27NO4/c1-27-22-10-6-5-9-21(22)20-11-13-25(16-20)24(12-14-26,23-17-28-18-29-23)15-19-7-3-2-4-8-19/h2-10,14,17,20H,11-13,15-16,18H2,1H3. The summed E-state index contributed by atoms with van der Waals surface area (Å²) in [4.78, 5) is 14.2. The molecule has 2 unspecified atom stereocenters. The Morgan fingerprint density at radius 1 is 1.17 bits per heavy atom. The minimum atomic E-state index is -0.545. The number of benzene rings is 2. The fraction of sp³-hybridized carbons (Fsp3) is 0.375. The van der Waals surface area contributed by atoms with Crippen molar-refractivity contribution >= 4 is 6.29 Å². The molecule has 29 heavy (non-hydrogen) atoms. The van der Waals surface area contributed by atoms with Crippen LogP contribution in [0.2, 0.25) is 0 Å². The Hall–Kier alpha value is -2.79. The van der Waals surface area contributed by atoms with Gasteiger partial charge in [0, 0.05) is 18.9 Å². The molecule has 0 aliphatic carbocycles. The van der Waals surface area contributed by atoms with Crippen LogP contribution in [0.5, 0.6) is 5.75 Å². The first-order chi connectivity index (χ1) is 14.3. The Morgan fingerprint density at radius 3 is 2.69 bits per heavy atom. The highest BCUT2D eigenvalue weighted by Crippen LogP contribution is 2.42. The monoisotopic (exact) mass is 393 g/mol. The maximum atomic E-state index is 11.8. The molecule has 1 fully saturated rings. The number of likely N-dealkylation sites (tertiary alicyclic amines) is 1. The lowest BCUT2D eigenvalue weighted by Crippen LogP contribution is -2.51. The van der Waals surface area contributed by atoms with Crippen molar-refractivity contribution in [3.8, 4) is 5.75 Å². The van der Waals surface area contributed by atoms with Gasteiger partial charge in [-0.2, -0.15) is 0 Å². The van der Waals surface area contributed by atoms with Crippen LogP contribution in [-0.2, 0) is 20.7 Å². The number of nitrogens with zero attached hydrogens (tertiary/aromatic N) is 1. The Kier molecular flexibility index (Phi) is 5.86. The summed E-state index contributed by atoms with van der Waals surface area (Å²) < 4.78 is 16.9. The van der Waals surface area contributed by atoms with Gasteiger partial charge in [-0.25, -0.2) is 0 Å². The minimum Gasteiger partial charge on any atom is -0.496 e. The molecule has 152 valence electrons. The minimum absolute atomic E-state index is 0.203. The van der Waals surface area contributed by atoms with Gasteiger partial charge in [-0.15, -0.1) is 0 Å². The highest BCUT2D eigenvalue weighted by atomic mass is 16.7. The molecule has 0 radical (unpaired) electrons. The van der Waals surface area contributed by atoms with E-state index < -0.39 is 5.54 Å². The van der Waals surface area contributed by atoms with E-state index >= 15 is 0 Å². The molecule has 5 heteroatoms. The fourth-order valence-electron chi connectivity index (χ4n) is 4.62. The van der Waals surface area contributed by atoms with Gasteiger partial charge in [0.25, 0.3) is 0 Å². The van der Waals surface area contributed by atoms with Crippen molar-refractivity contribution in [2.45, 2.75) is 30.7 Å². The van der Waals surface area contributed by atoms with Crippen molar-refractivity contribution in [2.24, 2.45) is 0 Å². The van der Waals surface area contributed by atoms with E-state index in [9.17, 15) is 4.79 Å². The van der Waals surface area contributed by atoms with E-state index in [0.717, 1.165) is 37.3 Å². The van der Waals surface area contributed by atoms with Crippen molar-refractivity contribution in [1.82, 2.24) is 4.90 Å². The largest absolute Gasteiger partial charge is 0.496 e. The highest BCUT2D eigenvalue weighted by Gasteiger charge is 2.46. The van der Waals surface area contributed by atoms with Crippen LogP contribution in [0.3, 0.4) is 0 Å². The molecular formula is C24H27NO4. The normalized spacial score (nSPS) is 21.0. The number of para-hydroxylation sites is 1. The van der Waals surface area contributed by atoms with E-state index in [0.29, 0.717) is 18.8 Å². The molecule has 2 heterocycles. The van der Waals surface area contributed by atoms with E-state index in [1.165, 1.54) is 11.1 Å². The summed E-state index contributed by atoms with van der Waals surface area (Å²) >= 11 is 0. The third-order valence-electron chi connectivity index (χ3n) is 6.06. The van der Waals surface area contributed by atoms with E-state index in [-0.39, 0.29) is 6.79 Å². The molecule has 5 nitrogen and oxygen atoms in total. The number of hydrogen-bond donors (Lipinski definition) is 0. The Labute approximate surface area is 171 Å². The smallest absolute Gasteiger partial charge is 0.229 e. The second-order valence-electron chi connectivity index (χ2n) is 7.65. The molecule has 0 N–H and O–H groups in total. The van der Waals surface area contributed by atoms with Gasteiger partial charge in [-0.05, 0) is 36.6 Å². The first-order valence-electron chi connectivity index (χ1n) is 10.1. The van der Waals surface area contributed by atoms with Crippen LogP contribution in [0.15, 0.2) is 66.6 Å². The summed E-state index contributed by atoms with van der Waals surface area (Å²) in [6, 6.07) is 18.5. The van der Waals surface area contributed by atoms with Crippen LogP contribution in [-0.4, -0.2) is 43.7 Å². The molecule has 0 saturated carbocycles. The maximum Gasteiger partial charge on any atom is 0.229 e. The number of ether oxygens (including phenoxy) is 3. The van der Waals surface area contributed by atoms with Crippen LogP contribution in [0.25, 0.3) is 0 Å². The van der Waals surface area contributed by atoms with Crippen LogP contribution >= 0.6 is 0 Å². The van der Waals surface area contributed by atoms with Crippen LogP contribution in [0.4, 0.5) is 0 Å². The first-order valence-corrected chi connectivity index (χ1v) is 10.1.